The molecule has 3 aromatic heterocycles. The van der Waals surface area contributed by atoms with Crippen LogP contribution in [0.25, 0.3) is 16.9 Å². The van der Waals surface area contributed by atoms with Gasteiger partial charge in [0.2, 0.25) is 0 Å². The minimum absolute atomic E-state index is 0.0922. The summed E-state index contributed by atoms with van der Waals surface area (Å²) < 4.78 is 50.3. The van der Waals surface area contributed by atoms with Gasteiger partial charge in [0.05, 0.1) is 10.9 Å². The number of hydrogen-bond donors (Lipinski definition) is 0. The summed E-state index contributed by atoms with van der Waals surface area (Å²) in [6.45, 7) is 9.63. The fourth-order valence-electron chi connectivity index (χ4n) is 4.17. The molecule has 0 aromatic carbocycles. The van der Waals surface area contributed by atoms with Crippen molar-refractivity contribution in [3.8, 4) is 5.82 Å². The van der Waals surface area contributed by atoms with Crippen LogP contribution in [-0.4, -0.2) is 61.3 Å². The minimum Gasteiger partial charge on any atom is -0.444 e. The first-order valence-corrected chi connectivity index (χ1v) is 12.2. The van der Waals surface area contributed by atoms with Gasteiger partial charge < -0.3 is 14.5 Å². The Kier molecular flexibility index (Phi) is 6.62. The Morgan fingerprint density at radius 2 is 1.83 bits per heavy atom. The third-order valence-corrected chi connectivity index (χ3v) is 6.38. The highest BCUT2D eigenvalue weighted by Gasteiger charge is 2.40. The monoisotopic (exact) mass is 602 g/mol. The Morgan fingerprint density at radius 1 is 1.11 bits per heavy atom. The Bertz CT molecular complexity index is 1260. The van der Waals surface area contributed by atoms with Gasteiger partial charge >= 0.3 is 12.3 Å². The van der Waals surface area contributed by atoms with E-state index in [1.807, 2.05) is 13.8 Å². The fourth-order valence-corrected chi connectivity index (χ4v) is 4.61. The van der Waals surface area contributed by atoms with E-state index < -0.39 is 23.4 Å². The lowest BCUT2D eigenvalue weighted by atomic mass is 10.1. The van der Waals surface area contributed by atoms with Crippen molar-refractivity contribution in [2.75, 3.05) is 18.0 Å². The summed E-state index contributed by atoms with van der Waals surface area (Å²) in [5, 5.41) is -0.0922. The van der Waals surface area contributed by atoms with Gasteiger partial charge in [-0.15, -0.1) is 0 Å². The topological polar surface area (TPSA) is 76.4 Å². The number of amides is 1. The van der Waals surface area contributed by atoms with Gasteiger partial charge in [-0.2, -0.15) is 13.2 Å². The number of fused-ring (bicyclic) bond motifs is 1. The zero-order valence-electron chi connectivity index (χ0n) is 20.0. The first-order chi connectivity index (χ1) is 16.3. The molecule has 0 N–H and O–H groups in total. The maximum absolute atomic E-state index is 14.2. The number of alkyl halides is 3. The molecule has 188 valence electrons. The average molecular weight is 602 g/mol. The van der Waals surface area contributed by atoms with Gasteiger partial charge in [0.15, 0.2) is 5.65 Å². The molecule has 1 aliphatic rings. The summed E-state index contributed by atoms with van der Waals surface area (Å²) in [5.74, 6) is 0.508. The summed E-state index contributed by atoms with van der Waals surface area (Å²) in [5.41, 5.74) is -1.37. The first-order valence-electron chi connectivity index (χ1n) is 11.1. The van der Waals surface area contributed by atoms with E-state index in [9.17, 15) is 18.0 Å². The lowest BCUT2D eigenvalue weighted by Crippen LogP contribution is -2.59. The molecular formula is C23H26F3IN6O2. The Balaban J connectivity index is 1.78. The van der Waals surface area contributed by atoms with Crippen LogP contribution in [0.2, 0.25) is 0 Å². The van der Waals surface area contributed by atoms with Crippen molar-refractivity contribution in [2.45, 2.75) is 58.5 Å². The number of aromatic nitrogens is 4. The molecule has 1 amide bonds. The predicted molar refractivity (Wildman–Crippen MR) is 134 cm³/mol. The number of hydrogen-bond acceptors (Lipinski definition) is 6. The molecule has 8 nitrogen and oxygen atoms in total. The Labute approximate surface area is 214 Å². The minimum atomic E-state index is -4.63. The van der Waals surface area contributed by atoms with Crippen LogP contribution in [0.3, 0.4) is 0 Å². The largest absolute Gasteiger partial charge is 0.444 e. The molecule has 1 saturated heterocycles. The summed E-state index contributed by atoms with van der Waals surface area (Å²) in [7, 11) is 0. The normalized spacial score (nSPS) is 19.3. The lowest BCUT2D eigenvalue weighted by molar-refractivity contribution is -0.136. The quantitative estimate of drug-likeness (QED) is 0.372. The highest BCUT2D eigenvalue weighted by molar-refractivity contribution is 14.1. The van der Waals surface area contributed by atoms with Gasteiger partial charge in [-0.05, 0) is 69.3 Å². The highest BCUT2D eigenvalue weighted by atomic mass is 127. The zero-order valence-corrected chi connectivity index (χ0v) is 22.1. The molecular weight excluding hydrogens is 576 g/mol. The average Bonchev–Trinajstić information content (AvgIpc) is 3.14. The van der Waals surface area contributed by atoms with E-state index in [4.69, 9.17) is 4.74 Å². The molecule has 0 radical (unpaired) electrons. The van der Waals surface area contributed by atoms with Gasteiger partial charge in [-0.3, -0.25) is 4.57 Å². The van der Waals surface area contributed by atoms with Crippen molar-refractivity contribution in [2.24, 2.45) is 0 Å². The van der Waals surface area contributed by atoms with E-state index in [-0.39, 0.29) is 42.0 Å². The second kappa shape index (κ2) is 9.10. The number of nitrogens with zero attached hydrogens (tertiary/aromatic N) is 6. The van der Waals surface area contributed by atoms with Crippen molar-refractivity contribution >= 4 is 45.5 Å². The van der Waals surface area contributed by atoms with E-state index in [0.29, 0.717) is 5.82 Å². The van der Waals surface area contributed by atoms with Crippen LogP contribution in [-0.2, 0) is 10.9 Å². The van der Waals surface area contributed by atoms with Gasteiger partial charge in [-0.25, -0.2) is 19.7 Å². The van der Waals surface area contributed by atoms with Crippen molar-refractivity contribution < 1.29 is 22.7 Å². The van der Waals surface area contributed by atoms with E-state index in [1.54, 1.807) is 42.7 Å². The number of carbonyl (C=O) groups is 1. The van der Waals surface area contributed by atoms with Crippen LogP contribution in [0, 0.1) is 3.57 Å². The summed E-state index contributed by atoms with van der Waals surface area (Å²) in [4.78, 5) is 28.8. The van der Waals surface area contributed by atoms with E-state index in [2.05, 4.69) is 37.5 Å². The molecule has 4 heterocycles. The first kappa shape index (κ1) is 25.5. The Hall–Kier alpha value is -2.64. The third-order valence-electron chi connectivity index (χ3n) is 5.71. The standard InChI is InChI=1S/C23H26F3IN6O2/c1-13-10-32(21(34)35-22(3,4)5)14(2)9-31(13)19-18-16(23(24,25)26)11-33(20(18)30-12-29-19)17-8-15(27)6-7-28-17/h6-8,11-14H,9-10H2,1-5H3. The van der Waals surface area contributed by atoms with E-state index in [0.717, 1.165) is 9.77 Å². The molecule has 12 heteroatoms. The van der Waals surface area contributed by atoms with Crippen LogP contribution < -0.4 is 4.90 Å². The maximum Gasteiger partial charge on any atom is 0.418 e. The van der Waals surface area contributed by atoms with E-state index >= 15 is 0 Å². The number of ether oxygens (including phenoxy) is 1. The molecule has 3 aromatic rings. The molecule has 0 aliphatic carbocycles. The van der Waals surface area contributed by atoms with Crippen molar-refractivity contribution in [3.05, 3.63) is 40.0 Å². The number of carbonyl (C=O) groups excluding carboxylic acids is 1. The zero-order chi connectivity index (χ0) is 25.7. The van der Waals surface area contributed by atoms with E-state index in [1.165, 1.54) is 17.1 Å². The van der Waals surface area contributed by atoms with Crippen LogP contribution in [0.4, 0.5) is 23.8 Å². The van der Waals surface area contributed by atoms with Crippen LogP contribution in [0.1, 0.15) is 40.2 Å². The molecule has 35 heavy (non-hydrogen) atoms. The molecule has 2 atom stereocenters. The number of pyridine rings is 1. The molecule has 2 unspecified atom stereocenters. The summed E-state index contributed by atoms with van der Waals surface area (Å²) in [6.07, 6.45) is -1.25. The van der Waals surface area contributed by atoms with Gasteiger partial charge in [0, 0.05) is 41.1 Å². The van der Waals surface area contributed by atoms with Crippen molar-refractivity contribution in [1.29, 1.82) is 0 Å². The fraction of sp³-hybridized carbons (Fsp3) is 0.478. The molecule has 1 fully saturated rings. The lowest BCUT2D eigenvalue weighted by Gasteiger charge is -2.44. The smallest absolute Gasteiger partial charge is 0.418 e. The molecule has 0 bridgehead atoms. The van der Waals surface area contributed by atoms with Crippen molar-refractivity contribution in [1.82, 2.24) is 24.4 Å². The number of anilines is 1. The number of halogens is 4. The highest BCUT2D eigenvalue weighted by Crippen LogP contribution is 2.41. The summed E-state index contributed by atoms with van der Waals surface area (Å²) >= 11 is 2.08. The maximum atomic E-state index is 14.2. The molecule has 0 spiro atoms. The van der Waals surface area contributed by atoms with Gasteiger partial charge in [0.1, 0.15) is 23.6 Å². The molecule has 0 saturated carbocycles. The predicted octanol–water partition coefficient (Wildman–Crippen LogP) is 5.27. The van der Waals surface area contributed by atoms with Crippen LogP contribution in [0.15, 0.2) is 30.9 Å². The van der Waals surface area contributed by atoms with Crippen LogP contribution in [0.5, 0.6) is 0 Å². The third kappa shape index (κ3) is 5.16. The molecule has 1 aliphatic heterocycles. The molecule has 4 rings (SSSR count). The van der Waals surface area contributed by atoms with Crippen LogP contribution >= 0.6 is 22.6 Å². The number of rotatable bonds is 2. The van der Waals surface area contributed by atoms with Gasteiger partial charge in [-0.1, -0.05) is 0 Å². The number of piperazine rings is 1. The second-order valence-corrected chi connectivity index (χ2v) is 10.9. The van der Waals surface area contributed by atoms with Crippen molar-refractivity contribution in [3.63, 3.8) is 0 Å². The second-order valence-electron chi connectivity index (χ2n) is 9.62. The SMILES string of the molecule is CC1CN(c2ncnc3c2c(C(F)(F)F)cn3-c2cc(I)ccn2)C(C)CN1C(=O)OC(C)(C)C. The summed E-state index contributed by atoms with van der Waals surface area (Å²) in [6, 6.07) is 2.83. The van der Waals surface area contributed by atoms with Gasteiger partial charge in [0.25, 0.3) is 0 Å². The Morgan fingerprint density at radius 3 is 2.46 bits per heavy atom.